The van der Waals surface area contributed by atoms with E-state index in [9.17, 15) is 4.39 Å². The lowest BCUT2D eigenvalue weighted by Crippen LogP contribution is -2.38. The number of hydrogen-bond acceptors (Lipinski definition) is 4. The van der Waals surface area contributed by atoms with Crippen LogP contribution in [-0.2, 0) is 16.0 Å². The first kappa shape index (κ1) is 24.6. The van der Waals surface area contributed by atoms with Crippen molar-refractivity contribution in [2.24, 2.45) is 10.9 Å². The van der Waals surface area contributed by atoms with Crippen molar-refractivity contribution >= 4 is 29.9 Å². The number of aliphatic imine (C=N–C) groups is 1. The Labute approximate surface area is 183 Å². The van der Waals surface area contributed by atoms with Gasteiger partial charge in [-0.05, 0) is 50.3 Å². The Morgan fingerprint density at radius 2 is 2.14 bits per heavy atom. The lowest BCUT2D eigenvalue weighted by molar-refractivity contribution is 0.0203. The van der Waals surface area contributed by atoms with Crippen molar-refractivity contribution in [3.8, 4) is 6.07 Å². The van der Waals surface area contributed by atoms with Gasteiger partial charge in [-0.2, -0.15) is 5.26 Å². The smallest absolute Gasteiger partial charge is 0.191 e. The zero-order valence-electron chi connectivity index (χ0n) is 16.4. The number of nitriles is 1. The Kier molecular flexibility index (Phi) is 12.8. The van der Waals surface area contributed by atoms with Crippen molar-refractivity contribution in [3.05, 3.63) is 35.1 Å². The first-order valence-electron chi connectivity index (χ1n) is 9.59. The molecule has 0 unspecified atom stereocenters. The average Bonchev–Trinajstić information content (AvgIpc) is 2.70. The van der Waals surface area contributed by atoms with Gasteiger partial charge >= 0.3 is 0 Å². The van der Waals surface area contributed by atoms with Crippen LogP contribution in [0.15, 0.2) is 23.2 Å². The molecule has 8 heteroatoms. The third-order valence-electron chi connectivity index (χ3n) is 4.38. The molecule has 0 radical (unpaired) electrons. The van der Waals surface area contributed by atoms with E-state index in [4.69, 9.17) is 14.7 Å². The summed E-state index contributed by atoms with van der Waals surface area (Å²) in [6.07, 6.45) is 3.03. The Balaban J connectivity index is 0.00000392. The van der Waals surface area contributed by atoms with Crippen LogP contribution < -0.4 is 10.6 Å². The van der Waals surface area contributed by atoms with Crippen LogP contribution in [0.5, 0.6) is 0 Å². The number of nitrogens with one attached hydrogen (secondary N) is 2. The predicted octanol–water partition coefficient (Wildman–Crippen LogP) is 3.20. The van der Waals surface area contributed by atoms with Crippen molar-refractivity contribution in [3.63, 3.8) is 0 Å². The summed E-state index contributed by atoms with van der Waals surface area (Å²) in [5.74, 6) is 0.892. The third kappa shape index (κ3) is 9.17. The lowest BCUT2D eigenvalue weighted by Gasteiger charge is -2.21. The van der Waals surface area contributed by atoms with E-state index in [1.54, 1.807) is 0 Å². The molecule has 1 fully saturated rings. The molecule has 2 rings (SSSR count). The zero-order valence-corrected chi connectivity index (χ0v) is 18.7. The van der Waals surface area contributed by atoms with Crippen LogP contribution in [0.25, 0.3) is 0 Å². The van der Waals surface area contributed by atoms with E-state index in [1.807, 2.05) is 13.0 Å². The second kappa shape index (κ2) is 14.5. The van der Waals surface area contributed by atoms with Crippen molar-refractivity contribution in [1.82, 2.24) is 10.6 Å². The number of ether oxygens (including phenoxy) is 2. The van der Waals surface area contributed by atoms with Gasteiger partial charge < -0.3 is 20.1 Å². The summed E-state index contributed by atoms with van der Waals surface area (Å²) < 4.78 is 24.9. The quantitative estimate of drug-likeness (QED) is 0.234. The molecule has 0 amide bonds. The minimum Gasteiger partial charge on any atom is -0.381 e. The molecule has 156 valence electrons. The van der Waals surface area contributed by atoms with Crippen LogP contribution in [0.2, 0.25) is 0 Å². The lowest BCUT2D eigenvalue weighted by atomic mass is 10.0. The highest BCUT2D eigenvalue weighted by molar-refractivity contribution is 14.0. The topological polar surface area (TPSA) is 78.7 Å². The number of rotatable bonds is 9. The average molecular weight is 504 g/mol. The maximum absolute atomic E-state index is 13.8. The first-order valence-corrected chi connectivity index (χ1v) is 9.59. The van der Waals surface area contributed by atoms with Gasteiger partial charge in [-0.3, -0.25) is 0 Å². The molecule has 0 spiro atoms. The van der Waals surface area contributed by atoms with Gasteiger partial charge in [0, 0.05) is 45.1 Å². The summed E-state index contributed by atoms with van der Waals surface area (Å²) in [7, 11) is 0. The maximum atomic E-state index is 13.8. The zero-order chi connectivity index (χ0) is 19.3. The Morgan fingerprint density at radius 1 is 1.36 bits per heavy atom. The van der Waals surface area contributed by atoms with Crippen LogP contribution in [0.4, 0.5) is 4.39 Å². The van der Waals surface area contributed by atoms with Gasteiger partial charge in [0.05, 0.1) is 18.2 Å². The predicted molar refractivity (Wildman–Crippen MR) is 118 cm³/mol. The van der Waals surface area contributed by atoms with E-state index in [0.717, 1.165) is 45.6 Å². The number of hydrogen-bond donors (Lipinski definition) is 2. The van der Waals surface area contributed by atoms with Crippen LogP contribution in [0.3, 0.4) is 0 Å². The van der Waals surface area contributed by atoms with Crippen LogP contribution in [-0.4, -0.2) is 45.5 Å². The van der Waals surface area contributed by atoms with Gasteiger partial charge in [0.15, 0.2) is 5.96 Å². The molecule has 0 atom stereocenters. The molecule has 1 aromatic rings. The van der Waals surface area contributed by atoms with Crippen molar-refractivity contribution in [1.29, 1.82) is 5.26 Å². The van der Waals surface area contributed by atoms with Crippen molar-refractivity contribution < 1.29 is 13.9 Å². The minimum absolute atomic E-state index is 0. The molecule has 1 heterocycles. The summed E-state index contributed by atoms with van der Waals surface area (Å²) in [6, 6.07) is 6.32. The number of nitrogens with zero attached hydrogens (tertiary/aromatic N) is 2. The highest BCUT2D eigenvalue weighted by Crippen LogP contribution is 2.14. The van der Waals surface area contributed by atoms with Gasteiger partial charge in [0.25, 0.3) is 0 Å². The fourth-order valence-electron chi connectivity index (χ4n) is 2.82. The number of halogens is 2. The summed E-state index contributed by atoms with van der Waals surface area (Å²) in [5.41, 5.74) is 0.840. The summed E-state index contributed by atoms with van der Waals surface area (Å²) in [6.45, 7) is 6.77. The molecule has 1 saturated heterocycles. The maximum Gasteiger partial charge on any atom is 0.191 e. The highest BCUT2D eigenvalue weighted by Gasteiger charge is 2.13. The molecular formula is C20H30FIN4O2. The molecular weight excluding hydrogens is 474 g/mol. The normalized spacial score (nSPS) is 14.8. The van der Waals surface area contributed by atoms with Crippen LogP contribution in [0, 0.1) is 23.1 Å². The second-order valence-electron chi connectivity index (χ2n) is 6.52. The number of guanidine groups is 1. The fraction of sp³-hybridized carbons (Fsp3) is 0.600. The van der Waals surface area contributed by atoms with Gasteiger partial charge in [0.1, 0.15) is 5.82 Å². The molecule has 1 aromatic carbocycles. The van der Waals surface area contributed by atoms with Crippen molar-refractivity contribution in [2.45, 2.75) is 32.7 Å². The SMILES string of the molecule is CCNC(=NCc1cc(C#N)ccc1F)NCCCOCC1CCOCC1.I. The molecule has 0 aliphatic carbocycles. The Hall–Kier alpha value is -1.44. The molecule has 0 aromatic heterocycles. The van der Waals surface area contributed by atoms with E-state index in [1.165, 1.54) is 18.2 Å². The summed E-state index contributed by atoms with van der Waals surface area (Å²) in [5, 5.41) is 15.3. The Morgan fingerprint density at radius 3 is 2.86 bits per heavy atom. The van der Waals surface area contributed by atoms with Crippen LogP contribution in [0.1, 0.15) is 37.3 Å². The standard InChI is InChI=1S/C20H29FN4O2.HI/c1-2-23-20(25-14-18-12-17(13-22)4-5-19(18)21)24-8-3-9-27-15-16-6-10-26-11-7-16;/h4-5,12,16H,2-3,6-11,14-15H2,1H3,(H2,23,24,25);1H. The summed E-state index contributed by atoms with van der Waals surface area (Å²) in [4.78, 5) is 4.40. The Bertz CT molecular complexity index is 646. The molecule has 6 nitrogen and oxygen atoms in total. The highest BCUT2D eigenvalue weighted by atomic mass is 127. The van der Waals surface area contributed by atoms with E-state index in [-0.39, 0.29) is 36.3 Å². The fourth-order valence-corrected chi connectivity index (χ4v) is 2.82. The largest absolute Gasteiger partial charge is 0.381 e. The molecule has 1 aliphatic rings. The third-order valence-corrected chi connectivity index (χ3v) is 4.38. The second-order valence-corrected chi connectivity index (χ2v) is 6.52. The van der Waals surface area contributed by atoms with Gasteiger partial charge in [0.2, 0.25) is 0 Å². The molecule has 2 N–H and O–H groups in total. The minimum atomic E-state index is -0.352. The van der Waals surface area contributed by atoms with Gasteiger partial charge in [-0.25, -0.2) is 9.38 Å². The van der Waals surface area contributed by atoms with E-state index in [0.29, 0.717) is 36.2 Å². The molecule has 1 aliphatic heterocycles. The van der Waals surface area contributed by atoms with E-state index in [2.05, 4.69) is 15.6 Å². The first-order chi connectivity index (χ1) is 13.2. The summed E-state index contributed by atoms with van der Waals surface area (Å²) >= 11 is 0. The van der Waals surface area contributed by atoms with Crippen LogP contribution >= 0.6 is 24.0 Å². The molecule has 0 bridgehead atoms. The number of benzene rings is 1. The van der Waals surface area contributed by atoms with E-state index >= 15 is 0 Å². The van der Waals surface area contributed by atoms with Crippen molar-refractivity contribution in [2.75, 3.05) is 39.5 Å². The molecule has 28 heavy (non-hydrogen) atoms. The molecule has 0 saturated carbocycles. The van der Waals surface area contributed by atoms with E-state index < -0.39 is 0 Å². The monoisotopic (exact) mass is 504 g/mol. The van der Waals surface area contributed by atoms with Gasteiger partial charge in [-0.1, -0.05) is 0 Å². The van der Waals surface area contributed by atoms with Gasteiger partial charge in [-0.15, -0.1) is 24.0 Å².